The molecule has 0 aliphatic carbocycles. The van der Waals surface area contributed by atoms with Crippen molar-refractivity contribution in [3.8, 4) is 0 Å². The molecule has 1 aromatic carbocycles. The van der Waals surface area contributed by atoms with Crippen LogP contribution in [0.5, 0.6) is 0 Å². The highest BCUT2D eigenvalue weighted by atomic mass is 14.8. The second-order valence-corrected chi connectivity index (χ2v) is 3.17. The lowest BCUT2D eigenvalue weighted by molar-refractivity contribution is 1.12. The second kappa shape index (κ2) is 5.28. The van der Waals surface area contributed by atoms with Crippen molar-refractivity contribution < 1.29 is 0 Å². The fourth-order valence-corrected chi connectivity index (χ4v) is 1.38. The van der Waals surface area contributed by atoms with Crippen LogP contribution >= 0.6 is 0 Å². The van der Waals surface area contributed by atoms with E-state index in [0.717, 1.165) is 5.70 Å². The Kier molecular flexibility index (Phi) is 3.99. The zero-order valence-corrected chi connectivity index (χ0v) is 9.04. The summed E-state index contributed by atoms with van der Waals surface area (Å²) in [5.41, 5.74) is 3.70. The molecule has 0 fully saturated rings. The molecular formula is C13H17N. The smallest absolute Gasteiger partial charge is 0.0413 e. The van der Waals surface area contributed by atoms with Gasteiger partial charge in [0.2, 0.25) is 0 Å². The number of rotatable bonds is 3. The fraction of sp³-hybridized carbons (Fsp3) is 0.231. The molecule has 1 aromatic rings. The van der Waals surface area contributed by atoms with E-state index in [1.165, 1.54) is 11.1 Å². The highest BCUT2D eigenvalue weighted by Gasteiger charge is 2.00. The zero-order chi connectivity index (χ0) is 10.4. The predicted molar refractivity (Wildman–Crippen MR) is 63.0 cm³/mol. The number of allylic oxidation sites excluding steroid dienone is 3. The minimum atomic E-state index is 1.15. The van der Waals surface area contributed by atoms with Crippen molar-refractivity contribution in [2.45, 2.75) is 13.8 Å². The molecule has 0 aliphatic heterocycles. The van der Waals surface area contributed by atoms with E-state index in [0.29, 0.717) is 0 Å². The van der Waals surface area contributed by atoms with Crippen molar-refractivity contribution in [3.05, 3.63) is 53.6 Å². The molecule has 0 unspecified atom stereocenters. The minimum absolute atomic E-state index is 1.15. The summed E-state index contributed by atoms with van der Waals surface area (Å²) in [5.74, 6) is 0. The molecule has 1 rings (SSSR count). The van der Waals surface area contributed by atoms with Gasteiger partial charge in [-0.1, -0.05) is 36.4 Å². The van der Waals surface area contributed by atoms with Gasteiger partial charge in [0.15, 0.2) is 0 Å². The Balaban J connectivity index is 3.07. The summed E-state index contributed by atoms with van der Waals surface area (Å²) >= 11 is 0. The highest BCUT2D eigenvalue weighted by Crippen LogP contribution is 2.15. The quantitative estimate of drug-likeness (QED) is 0.717. The van der Waals surface area contributed by atoms with Gasteiger partial charge in [-0.25, -0.2) is 0 Å². The average Bonchev–Trinajstić information content (AvgIpc) is 2.21. The van der Waals surface area contributed by atoms with E-state index in [2.05, 4.69) is 42.6 Å². The molecule has 1 N–H and O–H groups in total. The van der Waals surface area contributed by atoms with Gasteiger partial charge in [0, 0.05) is 18.3 Å². The van der Waals surface area contributed by atoms with Gasteiger partial charge in [-0.15, -0.1) is 0 Å². The molecule has 0 aromatic heterocycles. The molecule has 0 atom stereocenters. The van der Waals surface area contributed by atoms with Crippen LogP contribution in [0.25, 0.3) is 5.70 Å². The largest absolute Gasteiger partial charge is 0.388 e. The fourth-order valence-electron chi connectivity index (χ4n) is 1.38. The topological polar surface area (TPSA) is 12.0 Å². The first-order valence-corrected chi connectivity index (χ1v) is 4.86. The van der Waals surface area contributed by atoms with Crippen LogP contribution in [0.4, 0.5) is 0 Å². The predicted octanol–water partition coefficient (Wildman–Crippen LogP) is 3.13. The summed E-state index contributed by atoms with van der Waals surface area (Å²) in [6.07, 6.45) is 6.15. The Bertz CT molecular complexity index is 348. The molecule has 1 heteroatoms. The first-order valence-electron chi connectivity index (χ1n) is 4.86. The van der Waals surface area contributed by atoms with Gasteiger partial charge < -0.3 is 5.32 Å². The van der Waals surface area contributed by atoms with Gasteiger partial charge in [-0.3, -0.25) is 0 Å². The summed E-state index contributed by atoms with van der Waals surface area (Å²) < 4.78 is 0. The van der Waals surface area contributed by atoms with Gasteiger partial charge in [-0.05, 0) is 25.5 Å². The molecule has 0 bridgehead atoms. The third kappa shape index (κ3) is 2.49. The van der Waals surface area contributed by atoms with E-state index in [-0.39, 0.29) is 0 Å². The number of hydrogen-bond acceptors (Lipinski definition) is 1. The summed E-state index contributed by atoms with van der Waals surface area (Å²) in [4.78, 5) is 0. The summed E-state index contributed by atoms with van der Waals surface area (Å²) in [7, 11) is 1.95. The summed E-state index contributed by atoms with van der Waals surface area (Å²) in [6.45, 7) is 4.14. The number of aryl methyl sites for hydroxylation is 1. The molecule has 0 heterocycles. The molecule has 1 nitrogen and oxygen atoms in total. The van der Waals surface area contributed by atoms with Crippen molar-refractivity contribution in [2.24, 2.45) is 0 Å². The van der Waals surface area contributed by atoms with Crippen LogP contribution in [0.3, 0.4) is 0 Å². The molecule has 0 radical (unpaired) electrons. The lowest BCUT2D eigenvalue weighted by Gasteiger charge is -2.09. The number of hydrogen-bond donors (Lipinski definition) is 1. The summed E-state index contributed by atoms with van der Waals surface area (Å²) in [6, 6.07) is 8.36. The van der Waals surface area contributed by atoms with Crippen LogP contribution in [0.2, 0.25) is 0 Å². The third-order valence-corrected chi connectivity index (χ3v) is 2.16. The van der Waals surface area contributed by atoms with Gasteiger partial charge in [0.1, 0.15) is 0 Å². The Labute approximate surface area is 86.2 Å². The minimum Gasteiger partial charge on any atom is -0.388 e. The van der Waals surface area contributed by atoms with Crippen LogP contribution in [0, 0.1) is 6.92 Å². The molecule has 0 saturated heterocycles. The lowest BCUT2D eigenvalue weighted by atomic mass is 10.1. The maximum atomic E-state index is 3.20. The monoisotopic (exact) mass is 187 g/mol. The standard InChI is InChI=1S/C13H17N/c1-4-5-10-13(14-3)12-9-7-6-8-11(12)2/h4-10,14H,1-3H3/b5-4-,13-10-. The first kappa shape index (κ1) is 10.6. The summed E-state index contributed by atoms with van der Waals surface area (Å²) in [5, 5.41) is 3.20. The van der Waals surface area contributed by atoms with Gasteiger partial charge in [0.25, 0.3) is 0 Å². The van der Waals surface area contributed by atoms with Crippen LogP contribution < -0.4 is 5.32 Å². The van der Waals surface area contributed by atoms with E-state index in [1.807, 2.05) is 26.1 Å². The Morgan fingerprint density at radius 3 is 2.57 bits per heavy atom. The van der Waals surface area contributed by atoms with Crippen LogP contribution in [-0.2, 0) is 0 Å². The molecule has 74 valence electrons. The highest BCUT2D eigenvalue weighted by molar-refractivity contribution is 5.67. The van der Waals surface area contributed by atoms with Crippen LogP contribution in [0.1, 0.15) is 18.1 Å². The molecular weight excluding hydrogens is 170 g/mol. The molecule has 0 amide bonds. The lowest BCUT2D eigenvalue weighted by Crippen LogP contribution is -2.05. The average molecular weight is 187 g/mol. The Morgan fingerprint density at radius 2 is 2.00 bits per heavy atom. The van der Waals surface area contributed by atoms with E-state index < -0.39 is 0 Å². The molecule has 0 saturated carbocycles. The van der Waals surface area contributed by atoms with Gasteiger partial charge >= 0.3 is 0 Å². The molecule has 0 aliphatic rings. The normalized spacial score (nSPS) is 12.1. The van der Waals surface area contributed by atoms with Crippen LogP contribution in [-0.4, -0.2) is 7.05 Å². The van der Waals surface area contributed by atoms with Crippen molar-refractivity contribution in [2.75, 3.05) is 7.05 Å². The number of benzene rings is 1. The van der Waals surface area contributed by atoms with Crippen LogP contribution in [0.15, 0.2) is 42.5 Å². The third-order valence-electron chi connectivity index (χ3n) is 2.16. The zero-order valence-electron chi connectivity index (χ0n) is 9.04. The molecule has 0 spiro atoms. The van der Waals surface area contributed by atoms with E-state index >= 15 is 0 Å². The van der Waals surface area contributed by atoms with Gasteiger partial charge in [0.05, 0.1) is 0 Å². The number of nitrogens with one attached hydrogen (secondary N) is 1. The second-order valence-electron chi connectivity index (χ2n) is 3.17. The van der Waals surface area contributed by atoms with E-state index in [4.69, 9.17) is 0 Å². The van der Waals surface area contributed by atoms with E-state index in [1.54, 1.807) is 0 Å². The maximum Gasteiger partial charge on any atom is 0.0413 e. The van der Waals surface area contributed by atoms with Crippen molar-refractivity contribution >= 4 is 5.70 Å². The van der Waals surface area contributed by atoms with Crippen molar-refractivity contribution in [1.82, 2.24) is 5.32 Å². The Morgan fingerprint density at radius 1 is 1.29 bits per heavy atom. The van der Waals surface area contributed by atoms with E-state index in [9.17, 15) is 0 Å². The van der Waals surface area contributed by atoms with Gasteiger partial charge in [-0.2, -0.15) is 0 Å². The first-order chi connectivity index (χ1) is 6.79. The Hall–Kier alpha value is -1.50. The maximum absolute atomic E-state index is 3.20. The van der Waals surface area contributed by atoms with Crippen molar-refractivity contribution in [1.29, 1.82) is 0 Å². The SMILES string of the molecule is C/C=C\C=C(/NC)c1ccccc1C. The molecule has 14 heavy (non-hydrogen) atoms. The van der Waals surface area contributed by atoms with Crippen molar-refractivity contribution in [3.63, 3.8) is 0 Å².